The zero-order valence-electron chi connectivity index (χ0n) is 13.2. The lowest BCUT2D eigenvalue weighted by Gasteiger charge is -2.42. The average molecular weight is 311 g/mol. The number of carbonyl (C=O) groups excluding carboxylic acids is 1. The Morgan fingerprint density at radius 2 is 1.74 bits per heavy atom. The first-order valence-corrected chi connectivity index (χ1v) is 7.85. The number of hydrogen-bond donors (Lipinski definition) is 1. The molecule has 1 aliphatic rings. The van der Waals surface area contributed by atoms with Gasteiger partial charge in [-0.3, -0.25) is 4.79 Å². The van der Waals surface area contributed by atoms with E-state index in [1.165, 1.54) is 0 Å². The van der Waals surface area contributed by atoms with E-state index >= 15 is 0 Å². The van der Waals surface area contributed by atoms with Crippen molar-refractivity contribution in [2.75, 3.05) is 13.1 Å². The van der Waals surface area contributed by atoms with E-state index in [4.69, 9.17) is 4.74 Å². The Labute approximate surface area is 136 Å². The first-order valence-electron chi connectivity index (χ1n) is 7.85. The van der Waals surface area contributed by atoms with Gasteiger partial charge in [-0.25, -0.2) is 0 Å². The van der Waals surface area contributed by atoms with Crippen molar-refractivity contribution in [3.8, 4) is 5.75 Å². The third-order valence-corrected chi connectivity index (χ3v) is 4.20. The molecule has 1 fully saturated rings. The third kappa shape index (κ3) is 3.54. The molecular formula is C19H21NO3. The lowest BCUT2D eigenvalue weighted by Crippen LogP contribution is -2.58. The number of ether oxygens (including phenoxy) is 1. The molecule has 1 aliphatic heterocycles. The van der Waals surface area contributed by atoms with Crippen molar-refractivity contribution in [1.82, 2.24) is 4.90 Å². The minimum Gasteiger partial charge on any atom is -0.487 e. The van der Waals surface area contributed by atoms with Crippen molar-refractivity contribution in [1.29, 1.82) is 0 Å². The van der Waals surface area contributed by atoms with Crippen LogP contribution in [0.25, 0.3) is 0 Å². The normalized spacial score (nSPS) is 24.3. The molecule has 0 bridgehead atoms. The Morgan fingerprint density at radius 1 is 1.13 bits per heavy atom. The molecule has 2 atom stereocenters. The maximum atomic E-state index is 12.5. The first-order chi connectivity index (χ1) is 11.1. The van der Waals surface area contributed by atoms with Gasteiger partial charge >= 0.3 is 0 Å². The number of hydrogen-bond acceptors (Lipinski definition) is 3. The molecule has 1 heterocycles. The quantitative estimate of drug-likeness (QED) is 0.948. The van der Waals surface area contributed by atoms with Crippen LogP contribution in [-0.2, 0) is 0 Å². The van der Waals surface area contributed by atoms with Crippen LogP contribution in [0.3, 0.4) is 0 Å². The zero-order chi connectivity index (χ0) is 16.3. The molecule has 0 radical (unpaired) electrons. The molecule has 2 aromatic carbocycles. The SMILES string of the molecule is C[C@]1(O)CN(C(=O)c2ccccc2)CC[C@@H]1Oc1ccccc1. The molecular weight excluding hydrogens is 290 g/mol. The highest BCUT2D eigenvalue weighted by Gasteiger charge is 2.41. The summed E-state index contributed by atoms with van der Waals surface area (Å²) >= 11 is 0. The summed E-state index contributed by atoms with van der Waals surface area (Å²) < 4.78 is 5.92. The molecule has 0 unspecified atom stereocenters. The molecule has 0 spiro atoms. The molecule has 23 heavy (non-hydrogen) atoms. The molecule has 1 amide bonds. The number of nitrogens with zero attached hydrogens (tertiary/aromatic N) is 1. The van der Waals surface area contributed by atoms with Crippen LogP contribution in [0.5, 0.6) is 5.75 Å². The highest BCUT2D eigenvalue weighted by atomic mass is 16.5. The van der Waals surface area contributed by atoms with Crippen LogP contribution >= 0.6 is 0 Å². The van der Waals surface area contributed by atoms with Gasteiger partial charge in [0, 0.05) is 18.5 Å². The van der Waals surface area contributed by atoms with Crippen molar-refractivity contribution in [3.05, 3.63) is 66.2 Å². The van der Waals surface area contributed by atoms with Gasteiger partial charge < -0.3 is 14.7 Å². The molecule has 120 valence electrons. The van der Waals surface area contributed by atoms with Gasteiger partial charge in [0.25, 0.3) is 5.91 Å². The fourth-order valence-corrected chi connectivity index (χ4v) is 2.94. The molecule has 3 rings (SSSR count). The van der Waals surface area contributed by atoms with Crippen LogP contribution in [0.1, 0.15) is 23.7 Å². The smallest absolute Gasteiger partial charge is 0.253 e. The van der Waals surface area contributed by atoms with Gasteiger partial charge in [0.1, 0.15) is 17.5 Å². The van der Waals surface area contributed by atoms with Crippen molar-refractivity contribution in [3.63, 3.8) is 0 Å². The van der Waals surface area contributed by atoms with E-state index in [9.17, 15) is 9.90 Å². The predicted molar refractivity (Wildman–Crippen MR) is 88.4 cm³/mol. The van der Waals surface area contributed by atoms with Gasteiger partial charge in [0.2, 0.25) is 0 Å². The van der Waals surface area contributed by atoms with Crippen molar-refractivity contribution >= 4 is 5.91 Å². The summed E-state index contributed by atoms with van der Waals surface area (Å²) in [5.74, 6) is 0.685. The molecule has 4 heteroatoms. The van der Waals surface area contributed by atoms with Crippen LogP contribution in [0, 0.1) is 0 Å². The Balaban J connectivity index is 1.69. The fraction of sp³-hybridized carbons (Fsp3) is 0.316. The van der Waals surface area contributed by atoms with Gasteiger partial charge in [-0.2, -0.15) is 0 Å². The predicted octanol–water partition coefficient (Wildman–Crippen LogP) is 2.73. The van der Waals surface area contributed by atoms with Crippen molar-refractivity contribution < 1.29 is 14.6 Å². The van der Waals surface area contributed by atoms with Crippen LogP contribution in [0.4, 0.5) is 0 Å². The number of carbonyl (C=O) groups is 1. The number of para-hydroxylation sites is 1. The molecule has 4 nitrogen and oxygen atoms in total. The second kappa shape index (κ2) is 6.42. The van der Waals surface area contributed by atoms with Crippen molar-refractivity contribution in [2.24, 2.45) is 0 Å². The highest BCUT2D eigenvalue weighted by Crippen LogP contribution is 2.27. The number of benzene rings is 2. The summed E-state index contributed by atoms with van der Waals surface area (Å²) in [6.45, 7) is 2.56. The Kier molecular flexibility index (Phi) is 4.35. The zero-order valence-corrected chi connectivity index (χ0v) is 13.2. The maximum absolute atomic E-state index is 12.5. The summed E-state index contributed by atoms with van der Waals surface area (Å²) in [6, 6.07) is 18.6. The van der Waals surface area contributed by atoms with E-state index in [0.717, 1.165) is 5.75 Å². The second-order valence-corrected chi connectivity index (χ2v) is 6.16. The lowest BCUT2D eigenvalue weighted by atomic mass is 9.91. The Morgan fingerprint density at radius 3 is 2.35 bits per heavy atom. The fourth-order valence-electron chi connectivity index (χ4n) is 2.94. The highest BCUT2D eigenvalue weighted by molar-refractivity contribution is 5.94. The number of piperidine rings is 1. The summed E-state index contributed by atoms with van der Waals surface area (Å²) in [7, 11) is 0. The van der Waals surface area contributed by atoms with Crippen LogP contribution in [0.2, 0.25) is 0 Å². The first kappa shape index (κ1) is 15.6. The topological polar surface area (TPSA) is 49.8 Å². The molecule has 0 saturated carbocycles. The van der Waals surface area contributed by atoms with Crippen molar-refractivity contribution in [2.45, 2.75) is 25.0 Å². The largest absolute Gasteiger partial charge is 0.487 e. The van der Waals surface area contributed by atoms with Crippen LogP contribution < -0.4 is 4.74 Å². The molecule has 2 aromatic rings. The monoisotopic (exact) mass is 311 g/mol. The number of rotatable bonds is 3. The Bertz CT molecular complexity index is 655. The van der Waals surface area contributed by atoms with Gasteiger partial charge in [-0.1, -0.05) is 36.4 Å². The summed E-state index contributed by atoms with van der Waals surface area (Å²) in [6.07, 6.45) is 0.269. The molecule has 1 N–H and O–H groups in total. The third-order valence-electron chi connectivity index (χ3n) is 4.20. The van der Waals surface area contributed by atoms with E-state index in [1.54, 1.807) is 24.0 Å². The van der Waals surface area contributed by atoms with Crippen LogP contribution in [-0.4, -0.2) is 40.7 Å². The minimum atomic E-state index is -1.08. The van der Waals surface area contributed by atoms with E-state index in [2.05, 4.69) is 0 Å². The summed E-state index contributed by atoms with van der Waals surface area (Å²) in [5, 5.41) is 10.7. The number of aliphatic hydroxyl groups is 1. The number of likely N-dealkylation sites (tertiary alicyclic amines) is 1. The summed E-state index contributed by atoms with van der Waals surface area (Å²) in [5.41, 5.74) is -0.441. The summed E-state index contributed by atoms with van der Waals surface area (Å²) in [4.78, 5) is 14.2. The average Bonchev–Trinajstić information content (AvgIpc) is 2.57. The molecule has 0 aromatic heterocycles. The number of amides is 1. The van der Waals surface area contributed by atoms with E-state index in [-0.39, 0.29) is 18.6 Å². The second-order valence-electron chi connectivity index (χ2n) is 6.16. The molecule has 1 saturated heterocycles. The van der Waals surface area contributed by atoms with E-state index in [1.807, 2.05) is 48.5 Å². The van der Waals surface area contributed by atoms with E-state index in [0.29, 0.717) is 18.5 Å². The van der Waals surface area contributed by atoms with Gasteiger partial charge in [0.05, 0.1) is 6.54 Å². The van der Waals surface area contributed by atoms with Gasteiger partial charge in [-0.15, -0.1) is 0 Å². The van der Waals surface area contributed by atoms with E-state index < -0.39 is 5.60 Å². The minimum absolute atomic E-state index is 0.0518. The lowest BCUT2D eigenvalue weighted by molar-refractivity contribution is -0.0899. The van der Waals surface area contributed by atoms with Crippen LogP contribution in [0.15, 0.2) is 60.7 Å². The van der Waals surface area contributed by atoms with Gasteiger partial charge in [-0.05, 0) is 31.2 Å². The maximum Gasteiger partial charge on any atom is 0.253 e. The Hall–Kier alpha value is -2.33. The standard InChI is InChI=1S/C19H21NO3/c1-19(22)14-20(18(21)15-8-4-2-5-9-15)13-12-17(19)23-16-10-6-3-7-11-16/h2-11,17,22H,12-14H2,1H3/t17-,19-/m0/s1. The van der Waals surface area contributed by atoms with Gasteiger partial charge in [0.15, 0.2) is 0 Å². The molecule has 0 aliphatic carbocycles. The number of β-amino-alcohol motifs (C(OH)–C–C–N with tert-alkyl or cyclic N) is 1.